The van der Waals surface area contributed by atoms with Crippen molar-refractivity contribution in [3.63, 3.8) is 0 Å². The lowest BCUT2D eigenvalue weighted by molar-refractivity contribution is -0.147. The van der Waals surface area contributed by atoms with Crippen molar-refractivity contribution in [1.29, 1.82) is 0 Å². The lowest BCUT2D eigenvalue weighted by atomic mass is 9.46. The second-order valence-electron chi connectivity index (χ2n) is 9.33. The molecule has 0 aliphatic heterocycles. The molecule has 0 aromatic heterocycles. The molecule has 0 radical (unpaired) electrons. The summed E-state index contributed by atoms with van der Waals surface area (Å²) in [5, 5.41) is 18.1. The Morgan fingerprint density at radius 2 is 2.00 bits per heavy atom. The summed E-state index contributed by atoms with van der Waals surface area (Å²) in [6.45, 7) is 12.9. The van der Waals surface area contributed by atoms with Gasteiger partial charge in [0, 0.05) is 6.08 Å². The van der Waals surface area contributed by atoms with Gasteiger partial charge < -0.3 is 14.9 Å². The number of hydrogen-bond donors (Lipinski definition) is 2. The second-order valence-corrected chi connectivity index (χ2v) is 9.33. The number of rotatable bonds is 7. The summed E-state index contributed by atoms with van der Waals surface area (Å²) in [5.74, 6) is 0.829. The smallest absolute Gasteiger partial charge is 0.331 e. The molecule has 4 unspecified atom stereocenters. The number of aliphatic hydroxyl groups is 2. The lowest BCUT2D eigenvalue weighted by Crippen LogP contribution is -2.50. The maximum Gasteiger partial charge on any atom is 0.331 e. The Balaban J connectivity index is 2.06. The van der Waals surface area contributed by atoms with Crippen LogP contribution in [-0.4, -0.2) is 35.5 Å². The molecule has 0 aromatic rings. The van der Waals surface area contributed by atoms with Crippen LogP contribution in [0.3, 0.4) is 0 Å². The molecule has 2 aliphatic carbocycles. The monoisotopic (exact) mass is 378 g/mol. The van der Waals surface area contributed by atoms with Crippen LogP contribution in [0.5, 0.6) is 0 Å². The van der Waals surface area contributed by atoms with E-state index in [0.29, 0.717) is 11.8 Å². The average molecular weight is 379 g/mol. The number of allylic oxidation sites excluding steroid dienone is 2. The van der Waals surface area contributed by atoms with Gasteiger partial charge in [0.05, 0.1) is 13.2 Å². The van der Waals surface area contributed by atoms with E-state index in [0.717, 1.165) is 18.4 Å². The molecule has 154 valence electrons. The van der Waals surface area contributed by atoms with E-state index in [-0.39, 0.29) is 24.0 Å². The van der Waals surface area contributed by atoms with Crippen molar-refractivity contribution >= 4 is 5.97 Å². The highest BCUT2D eigenvalue weighted by molar-refractivity contribution is 5.82. The predicted molar refractivity (Wildman–Crippen MR) is 108 cm³/mol. The van der Waals surface area contributed by atoms with Gasteiger partial charge in [0.2, 0.25) is 0 Å². The van der Waals surface area contributed by atoms with Crippen molar-refractivity contribution in [3.05, 3.63) is 23.8 Å². The lowest BCUT2D eigenvalue weighted by Gasteiger charge is -2.59. The van der Waals surface area contributed by atoms with Crippen LogP contribution in [0.1, 0.15) is 72.6 Å². The Morgan fingerprint density at radius 1 is 1.33 bits per heavy atom. The molecule has 0 heterocycles. The highest BCUT2D eigenvalue weighted by Crippen LogP contribution is 2.62. The minimum absolute atomic E-state index is 0.244. The molecule has 2 aliphatic rings. The van der Waals surface area contributed by atoms with Gasteiger partial charge in [-0.15, -0.1) is 0 Å². The third-order valence-corrected chi connectivity index (χ3v) is 7.68. The summed E-state index contributed by atoms with van der Waals surface area (Å²) < 4.78 is 5.05. The zero-order chi connectivity index (χ0) is 20.2. The van der Waals surface area contributed by atoms with E-state index in [2.05, 4.69) is 27.4 Å². The average Bonchev–Trinajstić information content (AvgIpc) is 2.63. The highest BCUT2D eigenvalue weighted by Gasteiger charge is 2.53. The van der Waals surface area contributed by atoms with E-state index in [4.69, 9.17) is 14.9 Å². The molecule has 2 fully saturated rings. The molecule has 4 nitrogen and oxygen atoms in total. The number of ether oxygens (including phenoxy) is 1. The van der Waals surface area contributed by atoms with Crippen LogP contribution < -0.4 is 0 Å². The van der Waals surface area contributed by atoms with E-state index in [1.54, 1.807) is 0 Å². The van der Waals surface area contributed by atoms with Crippen LogP contribution in [0.4, 0.5) is 0 Å². The van der Waals surface area contributed by atoms with Gasteiger partial charge in [0.1, 0.15) is 6.10 Å². The van der Waals surface area contributed by atoms with E-state index >= 15 is 0 Å². The van der Waals surface area contributed by atoms with Crippen LogP contribution in [-0.2, 0) is 9.53 Å². The first kappa shape index (κ1) is 22.2. The number of fused-ring (bicyclic) bond motifs is 1. The van der Waals surface area contributed by atoms with Crippen molar-refractivity contribution < 1.29 is 19.7 Å². The predicted octanol–water partition coefficient (Wildman–Crippen LogP) is 4.41. The molecule has 4 atom stereocenters. The summed E-state index contributed by atoms with van der Waals surface area (Å²) in [5.41, 5.74) is 2.93. The van der Waals surface area contributed by atoms with Crippen molar-refractivity contribution in [2.75, 3.05) is 13.2 Å². The van der Waals surface area contributed by atoms with Gasteiger partial charge in [0.25, 0.3) is 0 Å². The Bertz CT molecular complexity index is 577. The Labute approximate surface area is 164 Å². The number of carbonyl (C=O) groups excluding carboxylic acids is 1. The number of carbonyl (C=O) groups is 1. The summed E-state index contributed by atoms with van der Waals surface area (Å²) in [4.78, 5) is 12.0. The number of esters is 1. The first-order valence-electron chi connectivity index (χ1n) is 10.4. The maximum absolute atomic E-state index is 12.0. The van der Waals surface area contributed by atoms with Gasteiger partial charge in [0.15, 0.2) is 0 Å². The van der Waals surface area contributed by atoms with Gasteiger partial charge in [-0.2, -0.15) is 0 Å². The molecule has 2 N–H and O–H groups in total. The molecule has 0 bridgehead atoms. The molecule has 0 aromatic carbocycles. The van der Waals surface area contributed by atoms with Crippen LogP contribution in [0, 0.1) is 22.7 Å². The summed E-state index contributed by atoms with van der Waals surface area (Å²) in [6.07, 6.45) is 8.75. The first-order valence-corrected chi connectivity index (χ1v) is 10.4. The molecule has 2 rings (SSSR count). The topological polar surface area (TPSA) is 66.8 Å². The van der Waals surface area contributed by atoms with Gasteiger partial charge in [-0.05, 0) is 74.5 Å². The van der Waals surface area contributed by atoms with Crippen LogP contribution in [0.2, 0.25) is 0 Å². The van der Waals surface area contributed by atoms with Crippen molar-refractivity contribution in [2.24, 2.45) is 22.7 Å². The minimum atomic E-state index is -0.841. The zero-order valence-corrected chi connectivity index (χ0v) is 17.6. The highest BCUT2D eigenvalue weighted by atomic mass is 16.6. The zero-order valence-electron chi connectivity index (χ0n) is 17.6. The van der Waals surface area contributed by atoms with E-state index in [9.17, 15) is 4.79 Å². The fourth-order valence-corrected chi connectivity index (χ4v) is 5.46. The molecular weight excluding hydrogens is 340 g/mol. The van der Waals surface area contributed by atoms with Gasteiger partial charge in [-0.1, -0.05) is 38.5 Å². The Morgan fingerprint density at radius 3 is 2.63 bits per heavy atom. The van der Waals surface area contributed by atoms with E-state index < -0.39 is 12.1 Å². The van der Waals surface area contributed by atoms with Crippen molar-refractivity contribution in [2.45, 2.75) is 78.7 Å². The van der Waals surface area contributed by atoms with Crippen LogP contribution in [0.25, 0.3) is 0 Å². The van der Waals surface area contributed by atoms with E-state index in [1.165, 1.54) is 43.8 Å². The maximum atomic E-state index is 12.0. The number of aliphatic hydroxyl groups excluding tert-OH is 2. The summed E-state index contributed by atoms with van der Waals surface area (Å²) in [6, 6.07) is 0. The minimum Gasteiger partial charge on any atom is -0.454 e. The van der Waals surface area contributed by atoms with E-state index in [1.807, 2.05) is 6.92 Å². The third-order valence-electron chi connectivity index (χ3n) is 7.68. The molecule has 4 heteroatoms. The first-order chi connectivity index (χ1) is 12.7. The van der Waals surface area contributed by atoms with Crippen molar-refractivity contribution in [1.82, 2.24) is 0 Å². The standard InChI is InChI=1S/C23H38O4/c1-16(13-21(26)27-19(14-24)15-25)9-11-22(4)18(3)10-12-23(5)17(2)7-6-8-20(22)23/h13,18-20,24-25H,2,6-12,14-15H2,1,3-5H3. The molecule has 27 heavy (non-hydrogen) atoms. The largest absolute Gasteiger partial charge is 0.454 e. The van der Waals surface area contributed by atoms with Gasteiger partial charge >= 0.3 is 5.97 Å². The fraction of sp³-hybridized carbons (Fsp3) is 0.783. The summed E-state index contributed by atoms with van der Waals surface area (Å²) in [7, 11) is 0. The van der Waals surface area contributed by atoms with Gasteiger partial charge in [-0.25, -0.2) is 4.79 Å². The summed E-state index contributed by atoms with van der Waals surface area (Å²) >= 11 is 0. The third kappa shape index (κ3) is 4.65. The Kier molecular flexibility index (Phi) is 7.32. The number of hydrogen-bond acceptors (Lipinski definition) is 4. The second kappa shape index (κ2) is 8.91. The van der Waals surface area contributed by atoms with Crippen molar-refractivity contribution in [3.8, 4) is 0 Å². The van der Waals surface area contributed by atoms with Crippen LogP contribution in [0.15, 0.2) is 23.8 Å². The molecular formula is C23H38O4. The molecule has 0 spiro atoms. The molecule has 0 amide bonds. The quantitative estimate of drug-likeness (QED) is 0.391. The fourth-order valence-electron chi connectivity index (χ4n) is 5.46. The van der Waals surface area contributed by atoms with Gasteiger partial charge in [-0.3, -0.25) is 0 Å². The normalized spacial score (nSPS) is 34.5. The molecule has 0 saturated heterocycles. The van der Waals surface area contributed by atoms with Crippen LogP contribution >= 0.6 is 0 Å². The SMILES string of the molecule is C=C1CCCC2C1(C)CCC(C)C2(C)CCC(C)=CC(=O)OC(CO)CO. The molecule has 2 saturated carbocycles. The Hall–Kier alpha value is -1.13.